The van der Waals surface area contributed by atoms with Gasteiger partial charge in [0.1, 0.15) is 12.1 Å². The maximum Gasteiger partial charge on any atom is 0.325 e. The van der Waals surface area contributed by atoms with E-state index in [1.54, 1.807) is 47.1 Å². The number of urea groups is 1. The summed E-state index contributed by atoms with van der Waals surface area (Å²) >= 11 is 0. The van der Waals surface area contributed by atoms with Crippen molar-refractivity contribution >= 4 is 23.8 Å². The van der Waals surface area contributed by atoms with Gasteiger partial charge in [-0.05, 0) is 36.8 Å². The summed E-state index contributed by atoms with van der Waals surface area (Å²) in [6.45, 7) is 2.57. The highest BCUT2D eigenvalue weighted by atomic mass is 16.7. The predicted octanol–water partition coefficient (Wildman–Crippen LogP) is 0.760. The number of hydrogen-bond donors (Lipinski definition) is 1. The normalized spacial score (nSPS) is 22.0. The molecule has 5 amide bonds. The van der Waals surface area contributed by atoms with E-state index in [9.17, 15) is 19.2 Å². The molecule has 11 heteroatoms. The van der Waals surface area contributed by atoms with Gasteiger partial charge in [0.2, 0.25) is 12.7 Å². The van der Waals surface area contributed by atoms with Crippen molar-refractivity contribution in [1.82, 2.24) is 20.0 Å². The standard InChI is InChI=1S/C22H22N4O7/c1-22(14-4-5-15-17(11-14)33-13-32-15)20(29)26(21(30)23-22)12-18(27)24-6-8-25(9-7-24)19(28)16-3-2-10-31-16/h2-5,10-11H,6-9,12-13H2,1H3,(H,23,30). The van der Waals surface area contributed by atoms with Crippen molar-refractivity contribution in [3.05, 3.63) is 47.9 Å². The molecule has 4 heterocycles. The number of carbonyl (C=O) groups excluding carboxylic acids is 4. The molecule has 11 nitrogen and oxygen atoms in total. The summed E-state index contributed by atoms with van der Waals surface area (Å²) in [4.78, 5) is 55.1. The summed E-state index contributed by atoms with van der Waals surface area (Å²) in [5.41, 5.74) is -0.794. The Labute approximate surface area is 188 Å². The summed E-state index contributed by atoms with van der Waals surface area (Å²) in [7, 11) is 0. The molecular weight excluding hydrogens is 432 g/mol. The second kappa shape index (κ2) is 7.84. The molecule has 0 spiro atoms. The minimum absolute atomic E-state index is 0.0941. The van der Waals surface area contributed by atoms with Gasteiger partial charge in [0, 0.05) is 26.2 Å². The first-order chi connectivity index (χ1) is 15.9. The van der Waals surface area contributed by atoms with Gasteiger partial charge in [-0.15, -0.1) is 0 Å². The Kier molecular flexibility index (Phi) is 4.95. The maximum atomic E-state index is 13.2. The third-order valence-electron chi connectivity index (χ3n) is 6.17. The first-order valence-corrected chi connectivity index (χ1v) is 10.5. The molecule has 2 fully saturated rings. The van der Waals surface area contributed by atoms with Crippen molar-refractivity contribution < 1.29 is 33.1 Å². The number of carbonyl (C=O) groups is 4. The van der Waals surface area contributed by atoms with Gasteiger partial charge in [-0.25, -0.2) is 4.79 Å². The highest BCUT2D eigenvalue weighted by molar-refractivity contribution is 6.09. The summed E-state index contributed by atoms with van der Waals surface area (Å²) in [5, 5.41) is 2.69. The Morgan fingerprint density at radius 3 is 2.48 bits per heavy atom. The van der Waals surface area contributed by atoms with E-state index in [0.29, 0.717) is 43.2 Å². The van der Waals surface area contributed by atoms with Crippen LogP contribution in [0.25, 0.3) is 0 Å². The Morgan fingerprint density at radius 1 is 1.03 bits per heavy atom. The van der Waals surface area contributed by atoms with Crippen molar-refractivity contribution in [2.24, 2.45) is 0 Å². The molecule has 2 aromatic rings. The van der Waals surface area contributed by atoms with Crippen molar-refractivity contribution in [3.8, 4) is 11.5 Å². The third kappa shape index (κ3) is 3.55. The fraction of sp³-hybridized carbons (Fsp3) is 0.364. The largest absolute Gasteiger partial charge is 0.459 e. The predicted molar refractivity (Wildman–Crippen MR) is 111 cm³/mol. The molecule has 1 aromatic carbocycles. The maximum absolute atomic E-state index is 13.2. The number of fused-ring (bicyclic) bond motifs is 1. The molecular formula is C22H22N4O7. The number of rotatable bonds is 4. The van der Waals surface area contributed by atoms with Gasteiger partial charge < -0.3 is 29.0 Å². The van der Waals surface area contributed by atoms with Gasteiger partial charge in [-0.2, -0.15) is 0 Å². The molecule has 1 unspecified atom stereocenters. The first kappa shape index (κ1) is 20.9. The number of ether oxygens (including phenoxy) is 2. The molecule has 0 aliphatic carbocycles. The molecule has 172 valence electrons. The Balaban J connectivity index is 1.22. The zero-order valence-electron chi connectivity index (χ0n) is 17.9. The van der Waals surface area contributed by atoms with E-state index in [2.05, 4.69) is 5.32 Å². The third-order valence-corrected chi connectivity index (χ3v) is 6.17. The van der Waals surface area contributed by atoms with E-state index in [4.69, 9.17) is 13.9 Å². The zero-order valence-corrected chi connectivity index (χ0v) is 17.9. The average Bonchev–Trinajstić information content (AvgIpc) is 3.56. The number of amides is 5. The lowest BCUT2D eigenvalue weighted by Crippen LogP contribution is -2.53. The number of piperazine rings is 1. The van der Waals surface area contributed by atoms with Crippen LogP contribution in [0.15, 0.2) is 41.0 Å². The molecule has 0 saturated carbocycles. The van der Waals surface area contributed by atoms with Crippen molar-refractivity contribution in [2.45, 2.75) is 12.5 Å². The van der Waals surface area contributed by atoms with Gasteiger partial charge in [-0.1, -0.05) is 6.07 Å². The molecule has 3 aliphatic rings. The fourth-order valence-corrected chi connectivity index (χ4v) is 4.19. The molecule has 3 aliphatic heterocycles. The second-order valence-corrected chi connectivity index (χ2v) is 8.16. The Bertz CT molecular complexity index is 1120. The molecule has 1 atom stereocenters. The molecule has 0 bridgehead atoms. The van der Waals surface area contributed by atoms with Crippen molar-refractivity contribution in [1.29, 1.82) is 0 Å². The van der Waals surface area contributed by atoms with Crippen LogP contribution in [0.3, 0.4) is 0 Å². The molecule has 33 heavy (non-hydrogen) atoms. The zero-order chi connectivity index (χ0) is 23.2. The molecule has 1 N–H and O–H groups in total. The minimum atomic E-state index is -1.33. The number of nitrogens with zero attached hydrogens (tertiary/aromatic N) is 3. The van der Waals surface area contributed by atoms with Crippen LogP contribution in [-0.4, -0.2) is 78.0 Å². The second-order valence-electron chi connectivity index (χ2n) is 8.16. The van der Waals surface area contributed by atoms with E-state index in [0.717, 1.165) is 4.90 Å². The van der Waals surface area contributed by atoms with E-state index >= 15 is 0 Å². The van der Waals surface area contributed by atoms with Crippen LogP contribution >= 0.6 is 0 Å². The molecule has 5 rings (SSSR count). The molecule has 2 saturated heterocycles. The number of imide groups is 1. The van der Waals surface area contributed by atoms with E-state index in [1.807, 2.05) is 0 Å². The lowest BCUT2D eigenvalue weighted by Gasteiger charge is -2.34. The van der Waals surface area contributed by atoms with Gasteiger partial charge in [0.25, 0.3) is 11.8 Å². The summed E-state index contributed by atoms with van der Waals surface area (Å²) in [6, 6.07) is 7.62. The number of hydrogen-bond acceptors (Lipinski definition) is 7. The highest BCUT2D eigenvalue weighted by Gasteiger charge is 2.50. The smallest absolute Gasteiger partial charge is 0.325 e. The molecule has 1 aromatic heterocycles. The lowest BCUT2D eigenvalue weighted by atomic mass is 9.91. The van der Waals surface area contributed by atoms with Crippen molar-refractivity contribution in [2.75, 3.05) is 39.5 Å². The summed E-state index contributed by atoms with van der Waals surface area (Å²) in [5.74, 6) is 0.186. The van der Waals surface area contributed by atoms with Gasteiger partial charge >= 0.3 is 6.03 Å². The van der Waals surface area contributed by atoms with Gasteiger partial charge in [-0.3, -0.25) is 19.3 Å². The van der Waals surface area contributed by atoms with Crippen LogP contribution in [0.1, 0.15) is 23.0 Å². The summed E-state index contributed by atoms with van der Waals surface area (Å²) < 4.78 is 15.8. The lowest BCUT2D eigenvalue weighted by molar-refractivity contribution is -0.139. The summed E-state index contributed by atoms with van der Waals surface area (Å²) in [6.07, 6.45) is 1.43. The van der Waals surface area contributed by atoms with Gasteiger partial charge in [0.05, 0.1) is 6.26 Å². The molecule has 0 radical (unpaired) electrons. The SMILES string of the molecule is CC1(c2ccc3c(c2)OCO3)NC(=O)N(CC(=O)N2CCN(C(=O)c3ccco3)CC2)C1=O. The van der Waals surface area contributed by atoms with Crippen LogP contribution in [0.2, 0.25) is 0 Å². The Hall–Kier alpha value is -4.02. The average molecular weight is 454 g/mol. The van der Waals surface area contributed by atoms with E-state index < -0.39 is 17.5 Å². The minimum Gasteiger partial charge on any atom is -0.459 e. The van der Waals surface area contributed by atoms with Crippen LogP contribution in [-0.2, 0) is 15.1 Å². The van der Waals surface area contributed by atoms with Crippen LogP contribution in [0.5, 0.6) is 11.5 Å². The quantitative estimate of drug-likeness (QED) is 0.677. The fourth-order valence-electron chi connectivity index (χ4n) is 4.19. The Morgan fingerprint density at radius 2 is 1.76 bits per heavy atom. The van der Waals surface area contributed by atoms with E-state index in [1.165, 1.54) is 6.26 Å². The van der Waals surface area contributed by atoms with Crippen LogP contribution < -0.4 is 14.8 Å². The number of benzene rings is 1. The first-order valence-electron chi connectivity index (χ1n) is 10.5. The van der Waals surface area contributed by atoms with Crippen LogP contribution in [0.4, 0.5) is 4.79 Å². The van der Waals surface area contributed by atoms with E-state index in [-0.39, 0.29) is 30.9 Å². The number of nitrogens with one attached hydrogen (secondary N) is 1. The monoisotopic (exact) mass is 454 g/mol. The van der Waals surface area contributed by atoms with Gasteiger partial charge in [0.15, 0.2) is 17.3 Å². The topological polar surface area (TPSA) is 122 Å². The van der Waals surface area contributed by atoms with Crippen LogP contribution in [0, 0.1) is 0 Å². The highest BCUT2D eigenvalue weighted by Crippen LogP contribution is 2.37. The van der Waals surface area contributed by atoms with Crippen molar-refractivity contribution in [3.63, 3.8) is 0 Å². The number of furan rings is 1.